The van der Waals surface area contributed by atoms with Crippen LogP contribution >= 0.6 is 0 Å². The lowest BCUT2D eigenvalue weighted by Crippen LogP contribution is -2.32. The first-order chi connectivity index (χ1) is 12.8. The Hall–Kier alpha value is -3.29. The van der Waals surface area contributed by atoms with Crippen molar-refractivity contribution in [2.75, 3.05) is 11.9 Å². The van der Waals surface area contributed by atoms with Gasteiger partial charge in [0.05, 0.1) is 5.69 Å². The van der Waals surface area contributed by atoms with Crippen molar-refractivity contribution in [2.45, 2.75) is 20.0 Å². The molecule has 1 atom stereocenters. The predicted molar refractivity (Wildman–Crippen MR) is 92.5 cm³/mol. The molecule has 0 aromatic heterocycles. The van der Waals surface area contributed by atoms with Crippen LogP contribution < -0.4 is 10.1 Å². The maximum atomic E-state index is 13.5. The van der Waals surface area contributed by atoms with Gasteiger partial charge >= 0.3 is 5.97 Å². The summed E-state index contributed by atoms with van der Waals surface area (Å²) in [6.45, 7) is 2.24. The normalized spacial score (nSPS) is 11.4. The summed E-state index contributed by atoms with van der Waals surface area (Å²) < 4.78 is 36.7. The molecule has 0 aliphatic carbocycles. The second-order valence-corrected chi connectivity index (χ2v) is 5.61. The Kier molecular flexibility index (Phi) is 6.59. The molecular weight excluding hydrogens is 360 g/mol. The van der Waals surface area contributed by atoms with Crippen molar-refractivity contribution < 1.29 is 32.6 Å². The maximum absolute atomic E-state index is 13.5. The van der Waals surface area contributed by atoms with Crippen molar-refractivity contribution in [3.63, 3.8) is 0 Å². The molecule has 0 radical (unpaired) electrons. The first-order valence-electron chi connectivity index (χ1n) is 7.95. The molecule has 8 heteroatoms. The lowest BCUT2D eigenvalue weighted by atomic mass is 10.1. The van der Waals surface area contributed by atoms with E-state index >= 15 is 0 Å². The summed E-state index contributed by atoms with van der Waals surface area (Å²) in [5.74, 6) is -2.95. The van der Waals surface area contributed by atoms with Gasteiger partial charge in [-0.15, -0.1) is 0 Å². The van der Waals surface area contributed by atoms with E-state index in [2.05, 4.69) is 5.32 Å². The number of esters is 1. The lowest BCUT2D eigenvalue weighted by molar-refractivity contribution is -0.155. The van der Waals surface area contributed by atoms with Gasteiger partial charge in [-0.2, -0.15) is 0 Å². The van der Waals surface area contributed by atoms with Crippen molar-refractivity contribution in [2.24, 2.45) is 0 Å². The zero-order valence-corrected chi connectivity index (χ0v) is 14.6. The summed E-state index contributed by atoms with van der Waals surface area (Å²) in [6.07, 6.45) is -1.25. The van der Waals surface area contributed by atoms with E-state index in [1.54, 1.807) is 12.1 Å². The van der Waals surface area contributed by atoms with E-state index in [1.165, 1.54) is 26.0 Å². The van der Waals surface area contributed by atoms with Gasteiger partial charge in [0.1, 0.15) is 17.4 Å². The molecule has 27 heavy (non-hydrogen) atoms. The number of benzene rings is 2. The molecule has 1 N–H and O–H groups in total. The Morgan fingerprint density at radius 3 is 2.37 bits per heavy atom. The van der Waals surface area contributed by atoms with E-state index in [1.807, 2.05) is 0 Å². The monoisotopic (exact) mass is 377 g/mol. The molecule has 2 rings (SSSR count). The molecule has 142 valence electrons. The fourth-order valence-corrected chi connectivity index (χ4v) is 2.04. The molecule has 0 unspecified atom stereocenters. The molecule has 0 saturated heterocycles. The van der Waals surface area contributed by atoms with Gasteiger partial charge in [-0.1, -0.05) is 0 Å². The first-order valence-corrected chi connectivity index (χ1v) is 7.95. The fraction of sp³-hybridized carbons (Fsp3) is 0.211. The highest BCUT2D eigenvalue weighted by atomic mass is 19.1. The second kappa shape index (κ2) is 8.88. The summed E-state index contributed by atoms with van der Waals surface area (Å²) in [5, 5.41) is 2.14. The Bertz CT molecular complexity index is 852. The Morgan fingerprint density at radius 1 is 1.07 bits per heavy atom. The molecule has 2 aromatic carbocycles. The van der Waals surface area contributed by atoms with Gasteiger partial charge in [-0.3, -0.25) is 9.59 Å². The minimum absolute atomic E-state index is 0.101. The van der Waals surface area contributed by atoms with E-state index in [0.29, 0.717) is 11.3 Å². The third-order valence-electron chi connectivity index (χ3n) is 3.48. The van der Waals surface area contributed by atoms with Crippen LogP contribution in [0.4, 0.5) is 14.5 Å². The van der Waals surface area contributed by atoms with Gasteiger partial charge in [0.25, 0.3) is 5.91 Å². The zero-order valence-electron chi connectivity index (χ0n) is 14.6. The molecule has 0 aliphatic rings. The third kappa shape index (κ3) is 5.88. The predicted octanol–water partition coefficient (Wildman–Crippen LogP) is 3.12. The van der Waals surface area contributed by atoms with Crippen molar-refractivity contribution >= 4 is 23.3 Å². The quantitative estimate of drug-likeness (QED) is 0.592. The fourth-order valence-electron chi connectivity index (χ4n) is 2.04. The van der Waals surface area contributed by atoms with Crippen LogP contribution in [0.1, 0.15) is 24.2 Å². The van der Waals surface area contributed by atoms with Crippen LogP contribution in [0.3, 0.4) is 0 Å². The van der Waals surface area contributed by atoms with Crippen LogP contribution in [0, 0.1) is 11.6 Å². The molecule has 0 heterocycles. The smallest absolute Gasteiger partial charge is 0.344 e. The minimum atomic E-state index is -1.25. The average Bonchev–Trinajstić information content (AvgIpc) is 2.63. The average molecular weight is 377 g/mol. The molecule has 1 amide bonds. The number of Topliss-reactive ketones (excluding diaryl/α,β-unsaturated/α-hetero) is 1. The molecule has 0 saturated carbocycles. The van der Waals surface area contributed by atoms with Crippen LogP contribution in [0.2, 0.25) is 0 Å². The van der Waals surface area contributed by atoms with E-state index in [9.17, 15) is 23.2 Å². The molecule has 2 aromatic rings. The van der Waals surface area contributed by atoms with Gasteiger partial charge in [0.2, 0.25) is 0 Å². The van der Waals surface area contributed by atoms with Crippen LogP contribution in [-0.2, 0) is 14.3 Å². The maximum Gasteiger partial charge on any atom is 0.344 e. The highest BCUT2D eigenvalue weighted by Gasteiger charge is 2.19. The number of nitrogens with one attached hydrogen (secondary N) is 1. The third-order valence-corrected chi connectivity index (χ3v) is 3.48. The van der Waals surface area contributed by atoms with Gasteiger partial charge < -0.3 is 14.8 Å². The van der Waals surface area contributed by atoms with E-state index in [-0.39, 0.29) is 11.5 Å². The molecule has 0 fully saturated rings. The SMILES string of the molecule is CC(=O)c1ccc(OCC(=O)O[C@@H](C)C(=O)Nc2cc(F)ccc2F)cc1. The largest absolute Gasteiger partial charge is 0.482 e. The second-order valence-electron chi connectivity index (χ2n) is 5.61. The number of hydrogen-bond acceptors (Lipinski definition) is 5. The highest BCUT2D eigenvalue weighted by molar-refractivity contribution is 5.95. The Morgan fingerprint density at radius 2 is 1.74 bits per heavy atom. The standard InChI is InChI=1S/C19H17F2NO5/c1-11(23)13-3-6-15(7-4-13)26-10-18(24)27-12(2)19(25)22-17-9-14(20)5-8-16(17)21/h3-9,12H,10H2,1-2H3,(H,22,25)/t12-/m0/s1. The number of carbonyl (C=O) groups is 3. The highest BCUT2D eigenvalue weighted by Crippen LogP contribution is 2.16. The number of anilines is 1. The Balaban J connectivity index is 1.84. The summed E-state index contributed by atoms with van der Waals surface area (Å²) in [4.78, 5) is 34.9. The number of amides is 1. The Labute approximate surface area is 154 Å². The first kappa shape index (κ1) is 20.0. The zero-order chi connectivity index (χ0) is 20.0. The summed E-state index contributed by atoms with van der Waals surface area (Å²) >= 11 is 0. The van der Waals surface area contributed by atoms with Crippen LogP contribution in [-0.4, -0.2) is 30.4 Å². The van der Waals surface area contributed by atoms with Gasteiger partial charge in [-0.05, 0) is 50.2 Å². The van der Waals surface area contributed by atoms with Crippen molar-refractivity contribution in [3.05, 3.63) is 59.7 Å². The summed E-state index contributed by atoms with van der Waals surface area (Å²) in [6, 6.07) is 8.73. The van der Waals surface area contributed by atoms with Crippen LogP contribution in [0.25, 0.3) is 0 Å². The van der Waals surface area contributed by atoms with Crippen molar-refractivity contribution in [3.8, 4) is 5.75 Å². The molecule has 0 aliphatic heterocycles. The molecule has 6 nitrogen and oxygen atoms in total. The molecular formula is C19H17F2NO5. The van der Waals surface area contributed by atoms with E-state index < -0.39 is 36.2 Å². The van der Waals surface area contributed by atoms with E-state index in [4.69, 9.17) is 9.47 Å². The summed E-state index contributed by atoms with van der Waals surface area (Å²) in [5.41, 5.74) is 0.143. The van der Waals surface area contributed by atoms with Crippen molar-refractivity contribution in [1.29, 1.82) is 0 Å². The molecule has 0 bridgehead atoms. The number of ketones is 1. The number of ether oxygens (including phenoxy) is 2. The van der Waals surface area contributed by atoms with Gasteiger partial charge in [-0.25, -0.2) is 13.6 Å². The number of carbonyl (C=O) groups excluding carboxylic acids is 3. The van der Waals surface area contributed by atoms with Gasteiger partial charge in [0.15, 0.2) is 18.5 Å². The lowest BCUT2D eigenvalue weighted by Gasteiger charge is -2.14. The molecule has 0 spiro atoms. The van der Waals surface area contributed by atoms with Crippen molar-refractivity contribution in [1.82, 2.24) is 0 Å². The topological polar surface area (TPSA) is 81.7 Å². The van der Waals surface area contributed by atoms with Crippen LogP contribution in [0.5, 0.6) is 5.75 Å². The number of rotatable bonds is 7. The number of halogens is 2. The van der Waals surface area contributed by atoms with Crippen LogP contribution in [0.15, 0.2) is 42.5 Å². The van der Waals surface area contributed by atoms with E-state index in [0.717, 1.165) is 18.2 Å². The minimum Gasteiger partial charge on any atom is -0.482 e. The van der Waals surface area contributed by atoms with Gasteiger partial charge in [0, 0.05) is 11.6 Å². The number of hydrogen-bond donors (Lipinski definition) is 1. The summed E-state index contributed by atoms with van der Waals surface area (Å²) in [7, 11) is 0.